The molecule has 134 valence electrons. The van der Waals surface area contributed by atoms with Gasteiger partial charge >= 0.3 is 0 Å². The zero-order valence-corrected chi connectivity index (χ0v) is 14.9. The smallest absolute Gasteiger partial charge is 0.232 e. The molecule has 2 rings (SSSR count). The summed E-state index contributed by atoms with van der Waals surface area (Å²) in [6.45, 7) is 2.82. The van der Waals surface area contributed by atoms with Crippen LogP contribution in [0.2, 0.25) is 0 Å². The van der Waals surface area contributed by atoms with Gasteiger partial charge in [0.15, 0.2) is 5.75 Å². The number of carbonyl (C=O) groups excluding carboxylic acids is 1. The van der Waals surface area contributed by atoms with Crippen LogP contribution < -0.4 is 15.5 Å². The van der Waals surface area contributed by atoms with Gasteiger partial charge in [-0.05, 0) is 12.0 Å². The van der Waals surface area contributed by atoms with Gasteiger partial charge in [0.1, 0.15) is 5.75 Å². The number of hydrogen-bond acceptors (Lipinski definition) is 4. The third-order valence-electron chi connectivity index (χ3n) is 3.34. The average molecular weight is 362 g/mol. The Labute approximate surface area is 149 Å². The zero-order chi connectivity index (χ0) is 18.1. The summed E-state index contributed by atoms with van der Waals surface area (Å²) in [7, 11) is -1.40. The Morgan fingerprint density at radius 2 is 2.04 bits per heavy atom. The lowest BCUT2D eigenvalue weighted by Crippen LogP contribution is -2.28. The molecule has 0 aliphatic rings. The summed E-state index contributed by atoms with van der Waals surface area (Å²) in [4.78, 5) is 26.6. The maximum absolute atomic E-state index is 12.1. The maximum atomic E-state index is 12.1. The van der Waals surface area contributed by atoms with E-state index in [1.165, 1.54) is 12.3 Å². The van der Waals surface area contributed by atoms with Crippen molar-refractivity contribution in [2.45, 2.75) is 25.6 Å². The van der Waals surface area contributed by atoms with Gasteiger partial charge in [0.05, 0.1) is 12.4 Å². The molecular formula is C18H22N2O4S. The van der Waals surface area contributed by atoms with Crippen molar-refractivity contribution in [1.29, 1.82) is 0 Å². The Bertz CT molecular complexity index is 774. The molecule has 1 aromatic heterocycles. The molecule has 0 spiro atoms. The molecule has 1 heterocycles. The second-order valence-electron chi connectivity index (χ2n) is 5.53. The van der Waals surface area contributed by atoms with Crippen LogP contribution in [0, 0.1) is 0 Å². The lowest BCUT2D eigenvalue weighted by molar-refractivity contribution is -0.118. The van der Waals surface area contributed by atoms with Crippen LogP contribution >= 0.6 is 0 Å². The van der Waals surface area contributed by atoms with Gasteiger partial charge in [-0.2, -0.15) is 0 Å². The van der Waals surface area contributed by atoms with Crippen LogP contribution in [0.5, 0.6) is 5.75 Å². The predicted octanol–water partition coefficient (Wildman–Crippen LogP) is 1.73. The van der Waals surface area contributed by atoms with E-state index in [-0.39, 0.29) is 28.6 Å². The van der Waals surface area contributed by atoms with Crippen LogP contribution in [-0.4, -0.2) is 27.5 Å². The molecule has 0 radical (unpaired) electrons. The first kappa shape index (κ1) is 18.9. The van der Waals surface area contributed by atoms with Crippen LogP contribution in [0.3, 0.4) is 0 Å². The third kappa shape index (κ3) is 6.54. The number of aromatic amines is 1. The third-order valence-corrected chi connectivity index (χ3v) is 4.56. The average Bonchev–Trinajstić information content (AvgIpc) is 2.60. The predicted molar refractivity (Wildman–Crippen MR) is 97.9 cm³/mol. The van der Waals surface area contributed by atoms with Crippen molar-refractivity contribution < 1.29 is 13.7 Å². The molecular weight excluding hydrogens is 340 g/mol. The fraction of sp³-hybridized carbons (Fsp3) is 0.333. The number of pyridine rings is 1. The van der Waals surface area contributed by atoms with Crippen molar-refractivity contribution in [3.8, 4) is 5.75 Å². The van der Waals surface area contributed by atoms with Crippen LogP contribution in [0.4, 0.5) is 0 Å². The van der Waals surface area contributed by atoms with Crippen LogP contribution in [0.25, 0.3) is 0 Å². The van der Waals surface area contributed by atoms with Gasteiger partial charge in [-0.15, -0.1) is 0 Å². The molecule has 1 amide bonds. The van der Waals surface area contributed by atoms with Gasteiger partial charge < -0.3 is 15.0 Å². The van der Waals surface area contributed by atoms with E-state index < -0.39 is 10.8 Å². The molecule has 0 saturated carbocycles. The molecule has 2 aromatic rings. The standard InChI is InChI=1S/C18H22N2O4S/c1-2-8-24-17-11-19-15(9-16(17)21)12-25(23)13-18(22)20-10-14-6-4-3-5-7-14/h3-7,9,11H,2,8,10,12-13H2,1H3,(H,19,21)(H,20,22). The van der Waals surface area contributed by atoms with Gasteiger partial charge in [-0.25, -0.2) is 0 Å². The number of benzene rings is 1. The van der Waals surface area contributed by atoms with Crippen LogP contribution in [-0.2, 0) is 27.9 Å². The van der Waals surface area contributed by atoms with Gasteiger partial charge in [0.25, 0.3) is 0 Å². The first-order valence-electron chi connectivity index (χ1n) is 8.08. The number of H-pyrrole nitrogens is 1. The fourth-order valence-electron chi connectivity index (χ4n) is 2.13. The van der Waals surface area contributed by atoms with Crippen molar-refractivity contribution in [1.82, 2.24) is 10.3 Å². The van der Waals surface area contributed by atoms with Crippen molar-refractivity contribution in [3.63, 3.8) is 0 Å². The number of hydrogen-bond donors (Lipinski definition) is 2. The highest BCUT2D eigenvalue weighted by molar-refractivity contribution is 7.84. The molecule has 2 N–H and O–H groups in total. The van der Waals surface area contributed by atoms with E-state index in [0.717, 1.165) is 12.0 Å². The van der Waals surface area contributed by atoms with Gasteiger partial charge in [-0.1, -0.05) is 37.3 Å². The molecule has 7 heteroatoms. The van der Waals surface area contributed by atoms with E-state index in [2.05, 4.69) is 10.3 Å². The number of carbonyl (C=O) groups is 1. The number of amides is 1. The SMILES string of the molecule is CCCOc1c[nH]c(CS(=O)CC(=O)NCc2ccccc2)cc1=O. The van der Waals surface area contributed by atoms with Gasteiger partial charge in [0, 0.05) is 35.3 Å². The summed E-state index contributed by atoms with van der Waals surface area (Å²) in [5.41, 5.74) is 1.24. The number of rotatable bonds is 9. The summed E-state index contributed by atoms with van der Waals surface area (Å²) in [5, 5.41) is 2.74. The normalized spacial score (nSPS) is 11.7. The first-order chi connectivity index (χ1) is 12.1. The molecule has 6 nitrogen and oxygen atoms in total. The molecule has 0 bridgehead atoms. The molecule has 25 heavy (non-hydrogen) atoms. The highest BCUT2D eigenvalue weighted by Crippen LogP contribution is 2.05. The highest BCUT2D eigenvalue weighted by atomic mass is 32.2. The zero-order valence-electron chi connectivity index (χ0n) is 14.1. The summed E-state index contributed by atoms with van der Waals surface area (Å²) in [5.74, 6) is -0.0326. The van der Waals surface area contributed by atoms with E-state index in [0.29, 0.717) is 18.8 Å². The van der Waals surface area contributed by atoms with E-state index in [9.17, 15) is 13.8 Å². The molecule has 0 fully saturated rings. The molecule has 1 unspecified atom stereocenters. The van der Waals surface area contributed by atoms with Crippen molar-refractivity contribution in [2.24, 2.45) is 0 Å². The van der Waals surface area contributed by atoms with Crippen molar-refractivity contribution >= 4 is 16.7 Å². The summed E-state index contributed by atoms with van der Waals surface area (Å²) in [6, 6.07) is 10.9. The maximum Gasteiger partial charge on any atom is 0.232 e. The largest absolute Gasteiger partial charge is 0.488 e. The molecule has 1 atom stereocenters. The summed E-state index contributed by atoms with van der Waals surface area (Å²) >= 11 is 0. The number of aromatic nitrogens is 1. The monoisotopic (exact) mass is 362 g/mol. The molecule has 0 aliphatic carbocycles. The van der Waals surface area contributed by atoms with Crippen LogP contribution in [0.15, 0.2) is 47.4 Å². The Hall–Kier alpha value is -2.41. The second-order valence-corrected chi connectivity index (χ2v) is 6.98. The van der Waals surface area contributed by atoms with Crippen molar-refractivity contribution in [2.75, 3.05) is 12.4 Å². The summed E-state index contributed by atoms with van der Waals surface area (Å²) < 4.78 is 17.4. The lowest BCUT2D eigenvalue weighted by Gasteiger charge is -2.07. The van der Waals surface area contributed by atoms with E-state index >= 15 is 0 Å². The minimum atomic E-state index is -1.40. The molecule has 0 aliphatic heterocycles. The highest BCUT2D eigenvalue weighted by Gasteiger charge is 2.10. The van der Waals surface area contributed by atoms with E-state index in [4.69, 9.17) is 4.74 Å². The number of nitrogens with one attached hydrogen (secondary N) is 2. The Morgan fingerprint density at radius 3 is 2.72 bits per heavy atom. The van der Waals surface area contributed by atoms with Gasteiger partial charge in [0.2, 0.25) is 11.3 Å². The van der Waals surface area contributed by atoms with Gasteiger partial charge in [-0.3, -0.25) is 13.8 Å². The summed E-state index contributed by atoms with van der Waals surface area (Å²) in [6.07, 6.45) is 2.28. The minimum absolute atomic E-state index is 0.108. The lowest BCUT2D eigenvalue weighted by atomic mass is 10.2. The Kier molecular flexibility index (Phi) is 7.40. The van der Waals surface area contributed by atoms with Crippen molar-refractivity contribution in [3.05, 3.63) is 64.1 Å². The Morgan fingerprint density at radius 1 is 1.28 bits per heavy atom. The quantitative estimate of drug-likeness (QED) is 0.711. The Balaban J connectivity index is 1.82. The van der Waals surface area contributed by atoms with Crippen LogP contribution in [0.1, 0.15) is 24.6 Å². The molecule has 0 saturated heterocycles. The topological polar surface area (TPSA) is 88.3 Å². The second kappa shape index (κ2) is 9.78. The minimum Gasteiger partial charge on any atom is -0.488 e. The first-order valence-corrected chi connectivity index (χ1v) is 9.57. The van der Waals surface area contributed by atoms with E-state index in [1.54, 1.807) is 0 Å². The number of ether oxygens (including phenoxy) is 1. The van der Waals surface area contributed by atoms with E-state index in [1.807, 2.05) is 37.3 Å². The molecule has 1 aromatic carbocycles. The fourth-order valence-corrected chi connectivity index (χ4v) is 3.14.